The number of aryl methyl sites for hydroxylation is 1. The van der Waals surface area contributed by atoms with Gasteiger partial charge >= 0.3 is 0 Å². The minimum atomic E-state index is -0.670. The van der Waals surface area contributed by atoms with Crippen molar-refractivity contribution >= 4 is 27.8 Å². The second-order valence-electron chi connectivity index (χ2n) is 10.3. The second kappa shape index (κ2) is 8.85. The fourth-order valence-corrected chi connectivity index (χ4v) is 5.61. The monoisotopic (exact) mass is 505 g/mol. The van der Waals surface area contributed by atoms with Gasteiger partial charge in [-0.15, -0.1) is 0 Å². The number of nitrogens with zero attached hydrogens (tertiary/aromatic N) is 4. The van der Waals surface area contributed by atoms with Gasteiger partial charge in [-0.3, -0.25) is 4.79 Å². The molecular formula is C28H32FN5O3. The number of methoxy groups -OCH3 is 2. The summed E-state index contributed by atoms with van der Waals surface area (Å²) in [5, 5.41) is 1.07. The van der Waals surface area contributed by atoms with Gasteiger partial charge in [-0.25, -0.2) is 9.37 Å². The molecule has 2 aromatic carbocycles. The first-order chi connectivity index (χ1) is 17.9. The van der Waals surface area contributed by atoms with Crippen LogP contribution in [0.2, 0.25) is 0 Å². The molecule has 3 heterocycles. The average Bonchev–Trinajstić information content (AvgIpc) is 3.50. The molecule has 8 nitrogen and oxygen atoms in total. The SMILES string of the molecule is COc1cccc2cc(-c3nc4cc5c(cc4n3C)CCN(C[C@H](N)CF)C5=O)n(CC3(OC)CC3)c12. The summed E-state index contributed by atoms with van der Waals surface area (Å²) in [4.78, 5) is 19.9. The van der Waals surface area contributed by atoms with E-state index in [0.717, 1.165) is 57.6 Å². The van der Waals surface area contributed by atoms with Crippen molar-refractivity contribution in [3.05, 3.63) is 47.5 Å². The minimum Gasteiger partial charge on any atom is -0.495 e. The maximum atomic E-state index is 13.2. The molecule has 37 heavy (non-hydrogen) atoms. The van der Waals surface area contributed by atoms with Crippen molar-refractivity contribution in [1.29, 1.82) is 0 Å². The molecule has 1 fully saturated rings. The zero-order valence-electron chi connectivity index (χ0n) is 21.5. The van der Waals surface area contributed by atoms with Crippen LogP contribution in [0.15, 0.2) is 36.4 Å². The molecule has 6 rings (SSSR count). The van der Waals surface area contributed by atoms with Gasteiger partial charge in [0.05, 0.1) is 47.5 Å². The number of hydrogen-bond donors (Lipinski definition) is 1. The van der Waals surface area contributed by atoms with Crippen LogP contribution in [0.25, 0.3) is 33.5 Å². The van der Waals surface area contributed by atoms with Gasteiger partial charge in [0.2, 0.25) is 0 Å². The van der Waals surface area contributed by atoms with Gasteiger partial charge in [-0.1, -0.05) is 12.1 Å². The van der Waals surface area contributed by atoms with E-state index >= 15 is 0 Å². The Labute approximate surface area is 214 Å². The van der Waals surface area contributed by atoms with E-state index in [1.807, 2.05) is 25.2 Å². The largest absolute Gasteiger partial charge is 0.495 e. The Hall–Kier alpha value is -3.43. The van der Waals surface area contributed by atoms with Crippen molar-refractivity contribution in [1.82, 2.24) is 19.0 Å². The first-order valence-electron chi connectivity index (χ1n) is 12.7. The lowest BCUT2D eigenvalue weighted by Gasteiger charge is -2.30. The van der Waals surface area contributed by atoms with Gasteiger partial charge in [0.25, 0.3) is 5.91 Å². The summed E-state index contributed by atoms with van der Waals surface area (Å²) in [6, 6.07) is 11.5. The van der Waals surface area contributed by atoms with Crippen molar-refractivity contribution in [2.45, 2.75) is 37.5 Å². The van der Waals surface area contributed by atoms with Crippen LogP contribution in [0.1, 0.15) is 28.8 Å². The molecule has 1 aliphatic heterocycles. The van der Waals surface area contributed by atoms with Crippen LogP contribution in [-0.2, 0) is 24.8 Å². The van der Waals surface area contributed by atoms with E-state index in [9.17, 15) is 9.18 Å². The number of aromatic nitrogens is 3. The number of imidazole rings is 1. The second-order valence-corrected chi connectivity index (χ2v) is 10.3. The van der Waals surface area contributed by atoms with Gasteiger partial charge in [0.15, 0.2) is 5.82 Å². The van der Waals surface area contributed by atoms with E-state index in [4.69, 9.17) is 20.2 Å². The number of hydrogen-bond acceptors (Lipinski definition) is 5. The third-order valence-corrected chi connectivity index (χ3v) is 7.95. The summed E-state index contributed by atoms with van der Waals surface area (Å²) in [5.41, 5.74) is 10.9. The zero-order valence-corrected chi connectivity index (χ0v) is 21.5. The number of ether oxygens (including phenoxy) is 2. The molecule has 194 valence electrons. The number of halogens is 1. The Morgan fingerprint density at radius 1 is 1.22 bits per heavy atom. The van der Waals surface area contributed by atoms with Crippen LogP contribution in [0.3, 0.4) is 0 Å². The Kier molecular flexibility index (Phi) is 5.72. The zero-order chi connectivity index (χ0) is 25.9. The van der Waals surface area contributed by atoms with Crippen LogP contribution < -0.4 is 10.5 Å². The molecule has 0 saturated heterocycles. The van der Waals surface area contributed by atoms with Crippen molar-refractivity contribution in [3.63, 3.8) is 0 Å². The van der Waals surface area contributed by atoms with Gasteiger partial charge < -0.3 is 29.2 Å². The minimum absolute atomic E-state index is 0.117. The number of benzene rings is 2. The van der Waals surface area contributed by atoms with Crippen LogP contribution in [0.5, 0.6) is 5.75 Å². The van der Waals surface area contributed by atoms with Crippen LogP contribution in [0.4, 0.5) is 4.39 Å². The van der Waals surface area contributed by atoms with E-state index in [1.54, 1.807) is 19.1 Å². The summed E-state index contributed by atoms with van der Waals surface area (Å²) in [6.07, 6.45) is 2.72. The number of carbonyl (C=O) groups excluding carboxylic acids is 1. The summed E-state index contributed by atoms with van der Waals surface area (Å²) >= 11 is 0. The maximum Gasteiger partial charge on any atom is 0.254 e. The number of para-hydroxylation sites is 1. The lowest BCUT2D eigenvalue weighted by Crippen LogP contribution is -2.45. The van der Waals surface area contributed by atoms with Crippen LogP contribution >= 0.6 is 0 Å². The molecule has 1 amide bonds. The Bertz CT molecular complexity index is 1520. The van der Waals surface area contributed by atoms with Crippen molar-refractivity contribution in [2.75, 3.05) is 34.0 Å². The van der Waals surface area contributed by atoms with Gasteiger partial charge in [0, 0.05) is 38.2 Å². The lowest BCUT2D eigenvalue weighted by molar-refractivity contribution is 0.0664. The van der Waals surface area contributed by atoms with E-state index in [1.165, 1.54) is 0 Å². The summed E-state index contributed by atoms with van der Waals surface area (Å²) in [7, 11) is 5.47. The Balaban J connectivity index is 1.48. The lowest BCUT2D eigenvalue weighted by atomic mass is 9.97. The van der Waals surface area contributed by atoms with Gasteiger partial charge in [-0.05, 0) is 49.1 Å². The summed E-state index contributed by atoms with van der Waals surface area (Å²) in [5.74, 6) is 1.50. The molecule has 2 aliphatic rings. The summed E-state index contributed by atoms with van der Waals surface area (Å²) < 4.78 is 29.0. The maximum absolute atomic E-state index is 13.2. The van der Waals surface area contributed by atoms with E-state index in [0.29, 0.717) is 25.1 Å². The molecule has 1 aliphatic carbocycles. The van der Waals surface area contributed by atoms with Gasteiger partial charge in [-0.2, -0.15) is 0 Å². The molecule has 0 unspecified atom stereocenters. The van der Waals surface area contributed by atoms with Crippen molar-refractivity contribution < 1.29 is 18.7 Å². The van der Waals surface area contributed by atoms with E-state index < -0.39 is 12.7 Å². The number of rotatable bonds is 8. The number of nitrogens with two attached hydrogens (primary N) is 1. The third-order valence-electron chi connectivity index (χ3n) is 7.95. The standard InChI is InChI=1S/C28H32FN5O3/c1-32-22-11-17-7-10-33(15-19(30)14-29)27(35)20(17)13-21(22)31-26(32)23-12-18-5-4-6-24(36-2)25(18)34(23)16-28(37-3)8-9-28/h4-6,11-13,19H,7-10,14-16,30H2,1-3H3/t19-/m1/s1. The van der Waals surface area contributed by atoms with Crippen LogP contribution in [-0.4, -0.2) is 70.6 Å². The van der Waals surface area contributed by atoms with Crippen molar-refractivity contribution in [3.8, 4) is 17.3 Å². The predicted octanol–water partition coefficient (Wildman–Crippen LogP) is 3.68. The molecule has 4 aromatic rings. The quantitative estimate of drug-likeness (QED) is 0.395. The van der Waals surface area contributed by atoms with Crippen molar-refractivity contribution in [2.24, 2.45) is 12.8 Å². The smallest absolute Gasteiger partial charge is 0.254 e. The molecule has 0 bridgehead atoms. The highest BCUT2D eigenvalue weighted by atomic mass is 19.1. The molecule has 2 N–H and O–H groups in total. The van der Waals surface area contributed by atoms with E-state index in [2.05, 4.69) is 27.3 Å². The van der Waals surface area contributed by atoms with Crippen LogP contribution in [0, 0.1) is 0 Å². The third kappa shape index (κ3) is 3.88. The fraction of sp³-hybridized carbons (Fsp3) is 0.429. The van der Waals surface area contributed by atoms with E-state index in [-0.39, 0.29) is 18.1 Å². The Morgan fingerprint density at radius 3 is 2.73 bits per heavy atom. The molecule has 1 saturated carbocycles. The predicted molar refractivity (Wildman–Crippen MR) is 141 cm³/mol. The number of alkyl halides is 1. The van der Waals surface area contributed by atoms with Gasteiger partial charge in [0.1, 0.15) is 12.4 Å². The average molecular weight is 506 g/mol. The Morgan fingerprint density at radius 2 is 2.03 bits per heavy atom. The molecule has 0 spiro atoms. The highest BCUT2D eigenvalue weighted by molar-refractivity contribution is 6.01. The molecule has 0 radical (unpaired) electrons. The fourth-order valence-electron chi connectivity index (χ4n) is 5.61. The summed E-state index contributed by atoms with van der Waals surface area (Å²) in [6.45, 7) is 0.791. The molecule has 2 aromatic heterocycles. The number of carbonyl (C=O) groups is 1. The highest BCUT2D eigenvalue weighted by Crippen LogP contribution is 2.44. The first kappa shape index (κ1) is 23.9. The molecule has 1 atom stereocenters. The topological polar surface area (TPSA) is 87.5 Å². The highest BCUT2D eigenvalue weighted by Gasteiger charge is 2.44. The first-order valence-corrected chi connectivity index (χ1v) is 12.7. The number of amides is 1. The number of fused-ring (bicyclic) bond motifs is 3. The molecule has 9 heteroatoms. The normalized spacial score (nSPS) is 17.4. The molecular weight excluding hydrogens is 473 g/mol.